The van der Waals surface area contributed by atoms with Crippen molar-refractivity contribution < 1.29 is 18.4 Å². The molecule has 0 saturated carbocycles. The summed E-state index contributed by atoms with van der Waals surface area (Å²) in [6, 6.07) is 14.2. The van der Waals surface area contributed by atoms with E-state index in [9.17, 15) is 9.59 Å². The molecule has 1 fully saturated rings. The number of Topliss-reactive ketones (excluding diaryl/α,β-unsaturated/α-hetero) is 1. The number of hydrogen-bond acceptors (Lipinski definition) is 8. The van der Waals surface area contributed by atoms with E-state index in [4.69, 9.17) is 8.83 Å². The third-order valence-corrected chi connectivity index (χ3v) is 6.32. The van der Waals surface area contributed by atoms with Crippen LogP contribution in [0, 0.1) is 0 Å². The van der Waals surface area contributed by atoms with Crippen LogP contribution in [0.25, 0.3) is 22.9 Å². The van der Waals surface area contributed by atoms with E-state index in [2.05, 4.69) is 15.2 Å². The maximum atomic E-state index is 13.0. The van der Waals surface area contributed by atoms with Gasteiger partial charge >= 0.3 is 0 Å². The number of carbonyl (C=O) groups excluding carboxylic acids is 2. The number of carbonyl (C=O) groups is 2. The molecule has 33 heavy (non-hydrogen) atoms. The SMILES string of the molecule is C[C@@H](Sc1nnc(-c2ccco2)c(-c2ccco2)n1)C(=O)c1ccc(N2CCCC2=O)cc1. The summed E-state index contributed by atoms with van der Waals surface area (Å²) in [5.74, 6) is 1.12. The van der Waals surface area contributed by atoms with Crippen molar-refractivity contribution in [3.63, 3.8) is 0 Å². The van der Waals surface area contributed by atoms with Crippen LogP contribution in [0.3, 0.4) is 0 Å². The molecule has 0 N–H and O–H groups in total. The summed E-state index contributed by atoms with van der Waals surface area (Å²) in [7, 11) is 0. The predicted molar refractivity (Wildman–Crippen MR) is 123 cm³/mol. The number of rotatable bonds is 7. The Bertz CT molecular complexity index is 1270. The number of aromatic nitrogens is 3. The Morgan fingerprint density at radius 2 is 1.70 bits per heavy atom. The van der Waals surface area contributed by atoms with Crippen LogP contribution in [0.2, 0.25) is 0 Å². The average Bonchev–Trinajstić information content (AvgIpc) is 3.61. The van der Waals surface area contributed by atoms with Gasteiger partial charge in [-0.25, -0.2) is 4.98 Å². The molecular formula is C24H20N4O4S. The second kappa shape index (κ2) is 9.03. The molecule has 0 aliphatic carbocycles. The fourth-order valence-electron chi connectivity index (χ4n) is 3.70. The monoisotopic (exact) mass is 460 g/mol. The summed E-state index contributed by atoms with van der Waals surface area (Å²) in [5, 5.41) is 8.41. The summed E-state index contributed by atoms with van der Waals surface area (Å²) in [4.78, 5) is 31.3. The van der Waals surface area contributed by atoms with Gasteiger partial charge < -0.3 is 13.7 Å². The molecule has 3 aromatic heterocycles. The van der Waals surface area contributed by atoms with Gasteiger partial charge in [0.15, 0.2) is 23.0 Å². The Kier molecular flexibility index (Phi) is 5.78. The van der Waals surface area contributed by atoms with Crippen LogP contribution < -0.4 is 4.90 Å². The lowest BCUT2D eigenvalue weighted by Gasteiger charge is -2.16. The third-order valence-electron chi connectivity index (χ3n) is 5.36. The fourth-order valence-corrected chi connectivity index (χ4v) is 4.49. The highest BCUT2D eigenvalue weighted by Gasteiger charge is 2.24. The summed E-state index contributed by atoms with van der Waals surface area (Å²) >= 11 is 1.22. The van der Waals surface area contributed by atoms with Crippen molar-refractivity contribution in [2.24, 2.45) is 0 Å². The van der Waals surface area contributed by atoms with E-state index in [1.54, 1.807) is 60.7 Å². The Labute approximate surface area is 194 Å². The van der Waals surface area contributed by atoms with Gasteiger partial charge in [-0.05, 0) is 61.9 Å². The first-order valence-corrected chi connectivity index (χ1v) is 11.4. The Hall–Kier alpha value is -3.72. The topological polar surface area (TPSA) is 102 Å². The zero-order chi connectivity index (χ0) is 22.8. The number of ketones is 1. The number of amides is 1. The summed E-state index contributed by atoms with van der Waals surface area (Å²) in [5.41, 5.74) is 2.34. The normalized spacial score (nSPS) is 14.6. The van der Waals surface area contributed by atoms with E-state index in [-0.39, 0.29) is 11.7 Å². The van der Waals surface area contributed by atoms with Crippen LogP contribution in [0.5, 0.6) is 0 Å². The second-order valence-corrected chi connectivity index (χ2v) is 8.87. The van der Waals surface area contributed by atoms with Crippen LogP contribution in [0.4, 0.5) is 5.69 Å². The predicted octanol–water partition coefficient (Wildman–Crippen LogP) is 4.88. The largest absolute Gasteiger partial charge is 0.463 e. The number of benzene rings is 1. The smallest absolute Gasteiger partial charge is 0.227 e. The van der Waals surface area contributed by atoms with E-state index >= 15 is 0 Å². The first-order valence-electron chi connectivity index (χ1n) is 10.5. The number of furan rings is 2. The molecule has 8 nitrogen and oxygen atoms in total. The molecule has 4 heterocycles. The molecule has 0 spiro atoms. The minimum Gasteiger partial charge on any atom is -0.463 e. The molecule has 9 heteroatoms. The van der Waals surface area contributed by atoms with E-state index < -0.39 is 5.25 Å². The molecule has 0 radical (unpaired) electrons. The van der Waals surface area contributed by atoms with Gasteiger partial charge in [0.05, 0.1) is 17.8 Å². The van der Waals surface area contributed by atoms with Gasteiger partial charge in [-0.3, -0.25) is 9.59 Å². The average molecular weight is 461 g/mol. The Morgan fingerprint density at radius 1 is 1.00 bits per heavy atom. The van der Waals surface area contributed by atoms with Crippen molar-refractivity contribution in [3.05, 3.63) is 66.6 Å². The van der Waals surface area contributed by atoms with E-state index in [0.717, 1.165) is 12.1 Å². The molecular weight excluding hydrogens is 440 g/mol. The quantitative estimate of drug-likeness (QED) is 0.284. The lowest BCUT2D eigenvalue weighted by atomic mass is 10.1. The van der Waals surface area contributed by atoms with E-state index in [0.29, 0.717) is 46.6 Å². The highest BCUT2D eigenvalue weighted by atomic mass is 32.2. The van der Waals surface area contributed by atoms with Crippen LogP contribution in [-0.4, -0.2) is 38.7 Å². The molecule has 1 aromatic carbocycles. The van der Waals surface area contributed by atoms with Crippen molar-refractivity contribution in [3.8, 4) is 22.9 Å². The lowest BCUT2D eigenvalue weighted by Crippen LogP contribution is -2.23. The van der Waals surface area contributed by atoms with Gasteiger partial charge in [0.2, 0.25) is 11.1 Å². The van der Waals surface area contributed by atoms with Crippen molar-refractivity contribution in [2.75, 3.05) is 11.4 Å². The van der Waals surface area contributed by atoms with Gasteiger partial charge in [-0.15, -0.1) is 10.2 Å². The van der Waals surface area contributed by atoms with Crippen LogP contribution in [-0.2, 0) is 4.79 Å². The number of hydrogen-bond donors (Lipinski definition) is 0. The van der Waals surface area contributed by atoms with Crippen LogP contribution in [0.1, 0.15) is 30.1 Å². The minimum atomic E-state index is -0.440. The zero-order valence-corrected chi connectivity index (χ0v) is 18.6. The van der Waals surface area contributed by atoms with Crippen molar-refractivity contribution in [1.29, 1.82) is 0 Å². The van der Waals surface area contributed by atoms with Crippen molar-refractivity contribution in [2.45, 2.75) is 30.2 Å². The summed E-state index contributed by atoms with van der Waals surface area (Å²) in [6.07, 6.45) is 4.54. The van der Waals surface area contributed by atoms with Crippen LogP contribution >= 0.6 is 11.8 Å². The van der Waals surface area contributed by atoms with Gasteiger partial charge in [-0.2, -0.15) is 0 Å². The second-order valence-electron chi connectivity index (χ2n) is 7.57. The molecule has 1 aliphatic rings. The number of nitrogens with zero attached hydrogens (tertiary/aromatic N) is 4. The van der Waals surface area contributed by atoms with Gasteiger partial charge in [-0.1, -0.05) is 11.8 Å². The van der Waals surface area contributed by atoms with Crippen molar-refractivity contribution in [1.82, 2.24) is 15.2 Å². The number of anilines is 1. The molecule has 0 bridgehead atoms. The molecule has 1 saturated heterocycles. The van der Waals surface area contributed by atoms with Crippen molar-refractivity contribution >= 4 is 29.1 Å². The highest BCUT2D eigenvalue weighted by Crippen LogP contribution is 2.32. The zero-order valence-electron chi connectivity index (χ0n) is 17.8. The maximum Gasteiger partial charge on any atom is 0.227 e. The van der Waals surface area contributed by atoms with E-state index in [1.165, 1.54) is 11.8 Å². The van der Waals surface area contributed by atoms with Crippen LogP contribution in [0.15, 0.2) is 75.0 Å². The molecule has 1 atom stereocenters. The Morgan fingerprint density at radius 3 is 2.30 bits per heavy atom. The fraction of sp³-hybridized carbons (Fsp3) is 0.208. The summed E-state index contributed by atoms with van der Waals surface area (Å²) < 4.78 is 11.0. The lowest BCUT2D eigenvalue weighted by molar-refractivity contribution is -0.117. The highest BCUT2D eigenvalue weighted by molar-refractivity contribution is 8.00. The first-order chi connectivity index (χ1) is 16.1. The maximum absolute atomic E-state index is 13.0. The van der Waals surface area contributed by atoms with E-state index in [1.807, 2.05) is 12.1 Å². The van der Waals surface area contributed by atoms with Gasteiger partial charge in [0, 0.05) is 24.2 Å². The van der Waals surface area contributed by atoms with Gasteiger partial charge in [0.25, 0.3) is 0 Å². The molecule has 5 rings (SSSR count). The minimum absolute atomic E-state index is 0.0578. The molecule has 1 amide bonds. The molecule has 4 aromatic rings. The molecule has 0 unspecified atom stereocenters. The van der Waals surface area contributed by atoms with Gasteiger partial charge in [0.1, 0.15) is 5.69 Å². The molecule has 166 valence electrons. The summed E-state index contributed by atoms with van der Waals surface area (Å²) in [6.45, 7) is 2.52. The number of thioether (sulfide) groups is 1. The Balaban J connectivity index is 1.35. The standard InChI is InChI=1S/C24H20N4O4S/c1-15(23(30)16-8-10-17(11-9-16)28-12-2-7-20(28)29)33-24-25-21(18-5-3-13-31-18)22(26-27-24)19-6-4-14-32-19/h3-6,8-11,13-15H,2,7,12H2,1H3/t15-/m1/s1. The first kappa shape index (κ1) is 21.1. The molecule has 1 aliphatic heterocycles. The third kappa shape index (κ3) is 4.31.